The van der Waals surface area contributed by atoms with Gasteiger partial charge >= 0.3 is 43.7 Å². The molecule has 0 unspecified atom stereocenters. The van der Waals surface area contributed by atoms with Crippen LogP contribution in [0, 0.1) is 5.41 Å². The first-order valence-corrected chi connectivity index (χ1v) is 1.01. The third kappa shape index (κ3) is 8.83. The van der Waals surface area contributed by atoms with E-state index in [4.69, 9.17) is 15.3 Å². The van der Waals surface area contributed by atoms with Crippen LogP contribution in [0.4, 0.5) is 0 Å². The van der Waals surface area contributed by atoms with Gasteiger partial charge in [-0.15, -0.1) is 0 Å². The van der Waals surface area contributed by atoms with Gasteiger partial charge in [-0.05, 0) is 0 Å². The van der Waals surface area contributed by atoms with Gasteiger partial charge in [0.15, 0.2) is 0 Å². The summed E-state index contributed by atoms with van der Waals surface area (Å²) < 4.78 is 0. The summed E-state index contributed by atoms with van der Waals surface area (Å²) in [5.74, 6) is -1.20. The molecule has 2 N–H and O–H groups in total. The normalized spacial score (nSPS) is 5.33. The van der Waals surface area contributed by atoms with Gasteiger partial charge < -0.3 is 10.5 Å². The minimum absolute atomic E-state index is 0. The fourth-order valence-corrected chi connectivity index (χ4v) is 0. The average molecular weight is 115 g/mol. The summed E-state index contributed by atoms with van der Waals surface area (Å²) in [4.78, 5) is 9.12. The molecule has 0 bridgehead atoms. The Morgan fingerprint density at radius 2 is 2.00 bits per heavy atom. The van der Waals surface area contributed by atoms with Crippen molar-refractivity contribution >= 4 is 49.9 Å². The summed E-state index contributed by atoms with van der Waals surface area (Å²) in [7, 11) is 0. The predicted molar refractivity (Wildman–Crippen MR) is 25.0 cm³/mol. The molecule has 32 valence electrons. The van der Waals surface area contributed by atoms with Crippen LogP contribution in [-0.4, -0.2) is 55.0 Å². The van der Waals surface area contributed by atoms with Gasteiger partial charge in [-0.3, -0.25) is 0 Å². The number of carbonyl (C=O) groups is 1. The van der Waals surface area contributed by atoms with Crippen molar-refractivity contribution < 1.29 is 9.90 Å². The molecule has 0 saturated heterocycles. The second-order valence-corrected chi connectivity index (χ2v) is 0.483. The fraction of sp³-hybridized carbons (Fsp3) is 0. The number of nitrogens with one attached hydrogen (secondary N) is 1. The van der Waals surface area contributed by atoms with Crippen LogP contribution in [0.2, 0.25) is 0 Å². The Bertz CT molecular complexity index is 62.6. The summed E-state index contributed by atoms with van der Waals surface area (Å²) in [6.45, 7) is 0. The Kier molecular flexibility index (Phi) is 8.68. The van der Waals surface area contributed by atoms with Crippen LogP contribution < -0.4 is 0 Å². The second kappa shape index (κ2) is 5.40. The first kappa shape index (κ1) is 9.64. The number of carboxylic acid groups (broad SMARTS) is 1. The Balaban J connectivity index is 0. The van der Waals surface area contributed by atoms with Crippen LogP contribution in [-0.2, 0) is 4.79 Å². The third-order valence-corrected chi connectivity index (χ3v) is 0.123. The fourth-order valence-electron chi connectivity index (χ4n) is 0. The Hall–Kier alpha value is 0.400. The average Bonchev–Trinajstić information content (AvgIpc) is 1.38. The van der Waals surface area contributed by atoms with Crippen LogP contribution in [0.15, 0.2) is 0 Å². The van der Waals surface area contributed by atoms with E-state index in [1.54, 1.807) is 0 Å². The molecule has 0 aliphatic carbocycles. The molecule has 0 fully saturated rings. The second-order valence-electron chi connectivity index (χ2n) is 0.483. The number of hydrogen-bond donors (Lipinski definition) is 2. The SMILES string of the molecule is N=CC(=O)O.[CaH2]. The van der Waals surface area contributed by atoms with Crippen LogP contribution in [0.25, 0.3) is 0 Å². The topological polar surface area (TPSA) is 61.2 Å². The molecule has 0 amide bonds. The van der Waals surface area contributed by atoms with Crippen molar-refractivity contribution in [3.8, 4) is 0 Å². The van der Waals surface area contributed by atoms with E-state index < -0.39 is 5.97 Å². The van der Waals surface area contributed by atoms with Crippen molar-refractivity contribution in [3.63, 3.8) is 0 Å². The van der Waals surface area contributed by atoms with Gasteiger partial charge in [-0.25, -0.2) is 4.79 Å². The van der Waals surface area contributed by atoms with E-state index in [2.05, 4.69) is 0 Å². The van der Waals surface area contributed by atoms with Gasteiger partial charge in [0, 0.05) is 0 Å². The molecule has 0 aromatic rings. The quantitative estimate of drug-likeness (QED) is 0.333. The van der Waals surface area contributed by atoms with Gasteiger partial charge in [0.25, 0.3) is 0 Å². The molecule has 0 heterocycles. The van der Waals surface area contributed by atoms with Gasteiger partial charge in [-0.1, -0.05) is 0 Å². The summed E-state index contributed by atoms with van der Waals surface area (Å²) in [5.41, 5.74) is 0. The molecule has 6 heavy (non-hydrogen) atoms. The standard InChI is InChI=1S/C2H3NO2.Ca.2H/c3-1-2(4)5;;;/h1,3H,(H,4,5);;;. The summed E-state index contributed by atoms with van der Waals surface area (Å²) in [5, 5.41) is 13.4. The van der Waals surface area contributed by atoms with Gasteiger partial charge in [0.05, 0.1) is 0 Å². The maximum absolute atomic E-state index is 9.12. The molecule has 0 radical (unpaired) electrons. The zero-order valence-corrected chi connectivity index (χ0v) is 2.43. The van der Waals surface area contributed by atoms with E-state index in [1.807, 2.05) is 0 Å². The Morgan fingerprint density at radius 1 is 1.83 bits per heavy atom. The number of carboxylic acids is 1. The van der Waals surface area contributed by atoms with Crippen molar-refractivity contribution in [1.29, 1.82) is 5.41 Å². The van der Waals surface area contributed by atoms with Gasteiger partial charge in [0.2, 0.25) is 0 Å². The van der Waals surface area contributed by atoms with Crippen molar-refractivity contribution in [2.45, 2.75) is 0 Å². The van der Waals surface area contributed by atoms with Crippen molar-refractivity contribution in [1.82, 2.24) is 0 Å². The van der Waals surface area contributed by atoms with Gasteiger partial charge in [-0.2, -0.15) is 0 Å². The van der Waals surface area contributed by atoms with E-state index in [0.29, 0.717) is 6.21 Å². The molecule has 0 aliphatic rings. The van der Waals surface area contributed by atoms with E-state index in [-0.39, 0.29) is 37.7 Å². The van der Waals surface area contributed by atoms with Crippen LogP contribution in [0.5, 0.6) is 0 Å². The molecule has 0 spiro atoms. The van der Waals surface area contributed by atoms with E-state index in [0.717, 1.165) is 0 Å². The maximum atomic E-state index is 9.12. The van der Waals surface area contributed by atoms with E-state index >= 15 is 0 Å². The van der Waals surface area contributed by atoms with Crippen molar-refractivity contribution in [3.05, 3.63) is 0 Å². The number of hydrogen-bond acceptors (Lipinski definition) is 2. The minimum atomic E-state index is -1.20. The van der Waals surface area contributed by atoms with E-state index in [9.17, 15) is 0 Å². The number of aliphatic carboxylic acids is 1. The Labute approximate surface area is 64.9 Å². The molecule has 4 heteroatoms. The summed E-state index contributed by atoms with van der Waals surface area (Å²) in [6.07, 6.45) is 0.333. The zero-order valence-electron chi connectivity index (χ0n) is 2.43. The molecule has 3 nitrogen and oxygen atoms in total. The first-order valence-electron chi connectivity index (χ1n) is 1.01. The monoisotopic (exact) mass is 115 g/mol. The zero-order chi connectivity index (χ0) is 4.28. The summed E-state index contributed by atoms with van der Waals surface area (Å²) in [6, 6.07) is 0. The molecule has 0 saturated carbocycles. The van der Waals surface area contributed by atoms with Crippen LogP contribution in [0.3, 0.4) is 0 Å². The van der Waals surface area contributed by atoms with Crippen molar-refractivity contribution in [2.75, 3.05) is 0 Å². The van der Waals surface area contributed by atoms with E-state index in [1.165, 1.54) is 0 Å². The molecule has 0 aliphatic heterocycles. The summed E-state index contributed by atoms with van der Waals surface area (Å²) >= 11 is 0. The van der Waals surface area contributed by atoms with Crippen LogP contribution in [0.1, 0.15) is 0 Å². The first-order chi connectivity index (χ1) is 2.27. The Morgan fingerprint density at radius 3 is 2.00 bits per heavy atom. The molecular formula is C2H5CaNO2. The third-order valence-electron chi connectivity index (χ3n) is 0.123. The molecule has 0 rings (SSSR count). The molecule has 0 aromatic heterocycles. The number of rotatable bonds is 1. The molecule has 0 aromatic carbocycles. The van der Waals surface area contributed by atoms with Gasteiger partial charge in [0.1, 0.15) is 6.21 Å². The molecule has 0 atom stereocenters. The molecular weight excluding hydrogens is 110 g/mol. The van der Waals surface area contributed by atoms with Crippen LogP contribution >= 0.6 is 0 Å². The predicted octanol–water partition coefficient (Wildman–Crippen LogP) is -1.20. The van der Waals surface area contributed by atoms with Crippen molar-refractivity contribution in [2.24, 2.45) is 0 Å².